The first-order valence-corrected chi connectivity index (χ1v) is 7.90. The summed E-state index contributed by atoms with van der Waals surface area (Å²) in [6.45, 7) is 6.58. The summed E-state index contributed by atoms with van der Waals surface area (Å²) in [5, 5.41) is 12.5. The lowest BCUT2D eigenvalue weighted by molar-refractivity contribution is -0.125. The Morgan fingerprint density at radius 3 is 2.33 bits per heavy atom. The summed E-state index contributed by atoms with van der Waals surface area (Å²) in [5.74, 6) is -0.150. The summed E-state index contributed by atoms with van der Waals surface area (Å²) in [4.78, 5) is 14.2. The number of aliphatic hydroxyl groups excluding tert-OH is 1. The minimum Gasteiger partial charge on any atom is -0.393 e. The monoisotopic (exact) mass is 377 g/mol. The average Bonchev–Trinajstić information content (AvgIpc) is 2.47. The van der Waals surface area contributed by atoms with E-state index >= 15 is 0 Å². The molecule has 0 saturated carbocycles. The van der Waals surface area contributed by atoms with Crippen LogP contribution in [0.2, 0.25) is 0 Å². The van der Waals surface area contributed by atoms with E-state index in [1.807, 2.05) is 18.2 Å². The van der Waals surface area contributed by atoms with E-state index in [4.69, 9.17) is 5.73 Å². The van der Waals surface area contributed by atoms with Crippen molar-refractivity contribution >= 4 is 30.7 Å². The third kappa shape index (κ3) is 6.95. The maximum absolute atomic E-state index is 11.9. The molecule has 138 valence electrons. The molecule has 0 bridgehead atoms. The van der Waals surface area contributed by atoms with Crippen LogP contribution in [0.3, 0.4) is 0 Å². The van der Waals surface area contributed by atoms with Gasteiger partial charge in [0, 0.05) is 26.2 Å². The lowest BCUT2D eigenvalue weighted by atomic mass is 10.0. The highest BCUT2D eigenvalue weighted by Gasteiger charge is 2.22. The molecule has 0 aromatic heterocycles. The molecule has 1 heterocycles. The van der Waals surface area contributed by atoms with E-state index in [-0.39, 0.29) is 36.8 Å². The standard InChI is InChI=1S/C17H27N3O2.2ClH/c1-17(2,18)16(22)19-11-13-5-3-4-6-14(13)12-20-9-7-15(21)8-10-20;;/h3-6,15,21H,7-12,18H2,1-2H3,(H,19,22);2*1H. The Bertz CT molecular complexity index is 513. The molecule has 1 amide bonds. The van der Waals surface area contributed by atoms with Gasteiger partial charge in [-0.15, -0.1) is 24.8 Å². The maximum atomic E-state index is 11.9. The summed E-state index contributed by atoms with van der Waals surface area (Å²) < 4.78 is 0. The second-order valence-electron chi connectivity index (χ2n) is 6.68. The van der Waals surface area contributed by atoms with Crippen LogP contribution in [-0.4, -0.2) is 40.6 Å². The number of rotatable bonds is 5. The number of nitrogens with two attached hydrogens (primary N) is 1. The largest absolute Gasteiger partial charge is 0.393 e. The number of halogens is 2. The van der Waals surface area contributed by atoms with Crippen LogP contribution in [0.1, 0.15) is 37.8 Å². The number of aliphatic hydroxyl groups is 1. The predicted octanol–water partition coefficient (Wildman–Crippen LogP) is 1.84. The Morgan fingerprint density at radius 1 is 1.25 bits per heavy atom. The minimum atomic E-state index is -0.863. The van der Waals surface area contributed by atoms with Crippen LogP contribution in [-0.2, 0) is 17.9 Å². The molecule has 1 aromatic rings. The predicted molar refractivity (Wildman–Crippen MR) is 102 cm³/mol. The van der Waals surface area contributed by atoms with Crippen molar-refractivity contribution in [2.45, 2.75) is 51.4 Å². The average molecular weight is 378 g/mol. The third-order valence-corrected chi connectivity index (χ3v) is 4.09. The molecule has 1 aromatic carbocycles. The van der Waals surface area contributed by atoms with Crippen molar-refractivity contribution in [1.29, 1.82) is 0 Å². The highest BCUT2D eigenvalue weighted by molar-refractivity contribution is 5.86. The van der Waals surface area contributed by atoms with E-state index in [1.165, 1.54) is 5.56 Å². The van der Waals surface area contributed by atoms with Crippen LogP contribution in [0.25, 0.3) is 0 Å². The number of likely N-dealkylation sites (tertiary alicyclic amines) is 1. The first-order chi connectivity index (χ1) is 10.4. The molecule has 4 N–H and O–H groups in total. The van der Waals surface area contributed by atoms with Gasteiger partial charge in [-0.25, -0.2) is 0 Å². The third-order valence-electron chi connectivity index (χ3n) is 4.09. The van der Waals surface area contributed by atoms with Crippen LogP contribution < -0.4 is 11.1 Å². The summed E-state index contributed by atoms with van der Waals surface area (Å²) in [6, 6.07) is 8.14. The Kier molecular flexibility index (Phi) is 9.85. The first-order valence-electron chi connectivity index (χ1n) is 7.90. The number of piperidine rings is 1. The van der Waals surface area contributed by atoms with E-state index < -0.39 is 5.54 Å². The number of hydrogen-bond donors (Lipinski definition) is 3. The highest BCUT2D eigenvalue weighted by Crippen LogP contribution is 2.16. The quantitative estimate of drug-likeness (QED) is 0.731. The number of benzene rings is 1. The van der Waals surface area contributed by atoms with Gasteiger partial charge in [-0.05, 0) is 37.8 Å². The van der Waals surface area contributed by atoms with Crippen LogP contribution in [0.15, 0.2) is 24.3 Å². The fourth-order valence-corrected chi connectivity index (χ4v) is 2.61. The van der Waals surface area contributed by atoms with Gasteiger partial charge in [0.15, 0.2) is 0 Å². The van der Waals surface area contributed by atoms with Gasteiger partial charge >= 0.3 is 0 Å². The molecule has 0 unspecified atom stereocenters. The van der Waals surface area contributed by atoms with Crippen LogP contribution in [0, 0.1) is 0 Å². The van der Waals surface area contributed by atoms with Gasteiger partial charge in [-0.2, -0.15) is 0 Å². The summed E-state index contributed by atoms with van der Waals surface area (Å²) >= 11 is 0. The molecular weight excluding hydrogens is 349 g/mol. The molecule has 24 heavy (non-hydrogen) atoms. The van der Waals surface area contributed by atoms with Gasteiger partial charge in [0.2, 0.25) is 5.91 Å². The van der Waals surface area contributed by atoms with E-state index in [9.17, 15) is 9.90 Å². The molecule has 0 spiro atoms. The SMILES string of the molecule is CC(C)(N)C(=O)NCc1ccccc1CN1CCC(O)CC1.Cl.Cl. The van der Waals surface area contributed by atoms with Crippen LogP contribution in [0.5, 0.6) is 0 Å². The summed E-state index contributed by atoms with van der Waals surface area (Å²) in [5.41, 5.74) is 7.27. The fourth-order valence-electron chi connectivity index (χ4n) is 2.61. The maximum Gasteiger partial charge on any atom is 0.239 e. The summed E-state index contributed by atoms with van der Waals surface area (Å²) in [6.07, 6.45) is 1.51. The number of carbonyl (C=O) groups is 1. The second kappa shape index (κ2) is 10.2. The Balaban J connectivity index is 0.00000264. The number of carbonyl (C=O) groups excluding carboxylic acids is 1. The van der Waals surface area contributed by atoms with Gasteiger partial charge < -0.3 is 16.2 Å². The van der Waals surface area contributed by atoms with Crippen molar-refractivity contribution in [1.82, 2.24) is 10.2 Å². The van der Waals surface area contributed by atoms with Crippen molar-refractivity contribution in [3.05, 3.63) is 35.4 Å². The highest BCUT2D eigenvalue weighted by atomic mass is 35.5. The van der Waals surface area contributed by atoms with Gasteiger partial charge in [0.25, 0.3) is 0 Å². The zero-order valence-corrected chi connectivity index (χ0v) is 16.0. The fraction of sp³-hybridized carbons (Fsp3) is 0.588. The number of amides is 1. The Morgan fingerprint density at radius 2 is 1.79 bits per heavy atom. The first kappa shape index (κ1) is 23.1. The van der Waals surface area contributed by atoms with Gasteiger partial charge in [-0.3, -0.25) is 9.69 Å². The molecule has 0 radical (unpaired) electrons. The van der Waals surface area contributed by atoms with E-state index in [2.05, 4.69) is 16.3 Å². The van der Waals surface area contributed by atoms with Crippen molar-refractivity contribution in [3.8, 4) is 0 Å². The number of nitrogens with one attached hydrogen (secondary N) is 1. The van der Waals surface area contributed by atoms with Crippen molar-refractivity contribution in [2.24, 2.45) is 5.73 Å². The molecule has 5 nitrogen and oxygen atoms in total. The van der Waals surface area contributed by atoms with E-state index in [0.717, 1.165) is 38.0 Å². The normalized spacial score (nSPS) is 16.0. The molecule has 1 fully saturated rings. The van der Waals surface area contributed by atoms with E-state index in [0.29, 0.717) is 6.54 Å². The summed E-state index contributed by atoms with van der Waals surface area (Å²) in [7, 11) is 0. The van der Waals surface area contributed by atoms with Crippen LogP contribution in [0.4, 0.5) is 0 Å². The molecule has 1 aliphatic rings. The zero-order valence-electron chi connectivity index (χ0n) is 14.3. The van der Waals surface area contributed by atoms with E-state index in [1.54, 1.807) is 13.8 Å². The molecule has 2 rings (SSSR count). The second-order valence-corrected chi connectivity index (χ2v) is 6.68. The topological polar surface area (TPSA) is 78.6 Å². The molecule has 1 saturated heterocycles. The van der Waals surface area contributed by atoms with Gasteiger partial charge in [-0.1, -0.05) is 24.3 Å². The van der Waals surface area contributed by atoms with Gasteiger partial charge in [0.1, 0.15) is 0 Å². The van der Waals surface area contributed by atoms with Crippen molar-refractivity contribution in [3.63, 3.8) is 0 Å². The zero-order chi connectivity index (χ0) is 16.2. The lowest BCUT2D eigenvalue weighted by Crippen LogP contribution is -2.48. The molecule has 1 aliphatic heterocycles. The molecule has 7 heteroatoms. The lowest BCUT2D eigenvalue weighted by Gasteiger charge is -2.30. The Labute approximate surface area is 156 Å². The van der Waals surface area contributed by atoms with Crippen LogP contribution >= 0.6 is 24.8 Å². The minimum absolute atomic E-state index is 0. The molecular formula is C17H29Cl2N3O2. The number of nitrogens with zero attached hydrogens (tertiary/aromatic N) is 1. The number of hydrogen-bond acceptors (Lipinski definition) is 4. The van der Waals surface area contributed by atoms with Gasteiger partial charge in [0.05, 0.1) is 11.6 Å². The smallest absolute Gasteiger partial charge is 0.239 e. The van der Waals surface area contributed by atoms with Crippen molar-refractivity contribution in [2.75, 3.05) is 13.1 Å². The Hall–Kier alpha value is -0.850. The van der Waals surface area contributed by atoms with Crippen molar-refractivity contribution < 1.29 is 9.90 Å². The molecule has 0 aliphatic carbocycles. The molecule has 0 atom stereocenters.